The molecule has 3 aromatic rings. The summed E-state index contributed by atoms with van der Waals surface area (Å²) in [5, 5.41) is 2.86. The van der Waals surface area contributed by atoms with Crippen molar-refractivity contribution in [2.45, 2.75) is 6.92 Å². The number of rotatable bonds is 5. The van der Waals surface area contributed by atoms with Crippen molar-refractivity contribution in [1.82, 2.24) is 0 Å². The lowest BCUT2D eigenvalue weighted by Crippen LogP contribution is -2.07. The van der Waals surface area contributed by atoms with Crippen LogP contribution in [-0.4, -0.2) is 5.91 Å². The Hall–Kier alpha value is -2.85. The Morgan fingerprint density at radius 3 is 2.50 bits per heavy atom. The summed E-state index contributed by atoms with van der Waals surface area (Å²) in [5.41, 5.74) is 2.72. The molecule has 0 heterocycles. The van der Waals surface area contributed by atoms with Gasteiger partial charge in [0.1, 0.15) is 11.5 Å². The lowest BCUT2D eigenvalue weighted by Gasteiger charge is -2.06. The van der Waals surface area contributed by atoms with Crippen molar-refractivity contribution in [3.63, 3.8) is 0 Å². The van der Waals surface area contributed by atoms with Gasteiger partial charge in [0.25, 0.3) is 0 Å². The van der Waals surface area contributed by atoms with E-state index in [1.54, 1.807) is 6.08 Å². The number of amides is 1. The number of benzene rings is 3. The van der Waals surface area contributed by atoms with Gasteiger partial charge in [0, 0.05) is 16.2 Å². The molecule has 0 bridgehead atoms. The monoisotopic (exact) mass is 407 g/mol. The van der Waals surface area contributed by atoms with Crippen LogP contribution in [0.4, 0.5) is 5.69 Å². The number of hydrogen-bond acceptors (Lipinski definition) is 2. The fourth-order valence-electron chi connectivity index (χ4n) is 2.38. The van der Waals surface area contributed by atoms with Crippen LogP contribution < -0.4 is 10.1 Å². The second-order valence-corrected chi connectivity index (χ2v) is 6.63. The lowest BCUT2D eigenvalue weighted by atomic mass is 10.2. The highest BCUT2D eigenvalue weighted by Crippen LogP contribution is 2.22. The van der Waals surface area contributed by atoms with Crippen LogP contribution in [0.2, 0.25) is 0 Å². The summed E-state index contributed by atoms with van der Waals surface area (Å²) in [6.45, 7) is 1.98. The Kier molecular flexibility index (Phi) is 5.87. The fourth-order valence-corrected chi connectivity index (χ4v) is 2.63. The number of ether oxygens (including phenoxy) is 1. The summed E-state index contributed by atoms with van der Waals surface area (Å²) in [4.78, 5) is 12.1. The summed E-state index contributed by atoms with van der Waals surface area (Å²) in [7, 11) is 0. The van der Waals surface area contributed by atoms with Crippen LogP contribution in [0, 0.1) is 6.92 Å². The molecule has 0 aliphatic carbocycles. The van der Waals surface area contributed by atoms with Gasteiger partial charge in [0.15, 0.2) is 0 Å². The molecule has 0 aliphatic rings. The van der Waals surface area contributed by atoms with Gasteiger partial charge in [0.05, 0.1) is 0 Å². The highest BCUT2D eigenvalue weighted by Gasteiger charge is 2.01. The van der Waals surface area contributed by atoms with Crippen molar-refractivity contribution in [3.8, 4) is 11.5 Å². The first-order valence-electron chi connectivity index (χ1n) is 8.18. The van der Waals surface area contributed by atoms with E-state index >= 15 is 0 Å². The molecular formula is C22H18BrNO2. The van der Waals surface area contributed by atoms with Crippen LogP contribution in [0.1, 0.15) is 11.1 Å². The van der Waals surface area contributed by atoms with Gasteiger partial charge in [0.2, 0.25) is 5.91 Å². The maximum Gasteiger partial charge on any atom is 0.248 e. The first-order chi connectivity index (χ1) is 12.6. The van der Waals surface area contributed by atoms with E-state index in [0.29, 0.717) is 0 Å². The topological polar surface area (TPSA) is 38.3 Å². The molecule has 0 unspecified atom stereocenters. The van der Waals surface area contributed by atoms with Gasteiger partial charge in [-0.25, -0.2) is 0 Å². The molecule has 1 amide bonds. The molecule has 0 aliphatic heterocycles. The number of hydrogen-bond donors (Lipinski definition) is 1. The van der Waals surface area contributed by atoms with Gasteiger partial charge in [-0.1, -0.05) is 46.3 Å². The largest absolute Gasteiger partial charge is 0.457 e. The molecule has 0 saturated heterocycles. The molecule has 0 saturated carbocycles. The van der Waals surface area contributed by atoms with E-state index in [2.05, 4.69) is 21.2 Å². The van der Waals surface area contributed by atoms with Crippen molar-refractivity contribution in [2.24, 2.45) is 0 Å². The predicted octanol–water partition coefficient (Wildman–Crippen LogP) is 6.20. The van der Waals surface area contributed by atoms with Crippen molar-refractivity contribution < 1.29 is 9.53 Å². The molecular weight excluding hydrogens is 390 g/mol. The van der Waals surface area contributed by atoms with Crippen molar-refractivity contribution in [2.75, 3.05) is 5.32 Å². The maximum absolute atomic E-state index is 12.1. The molecule has 3 rings (SSSR count). The van der Waals surface area contributed by atoms with E-state index < -0.39 is 0 Å². The summed E-state index contributed by atoms with van der Waals surface area (Å²) < 4.78 is 6.82. The Morgan fingerprint density at radius 1 is 0.962 bits per heavy atom. The van der Waals surface area contributed by atoms with Gasteiger partial charge in [-0.2, -0.15) is 0 Å². The van der Waals surface area contributed by atoms with Gasteiger partial charge in [-0.05, 0) is 66.6 Å². The molecule has 1 N–H and O–H groups in total. The molecule has 4 heteroatoms. The summed E-state index contributed by atoms with van der Waals surface area (Å²) in [6.07, 6.45) is 3.28. The van der Waals surface area contributed by atoms with Crippen molar-refractivity contribution in [1.29, 1.82) is 0 Å². The van der Waals surface area contributed by atoms with E-state index in [9.17, 15) is 4.79 Å². The molecule has 130 valence electrons. The number of carbonyl (C=O) groups is 1. The van der Waals surface area contributed by atoms with E-state index in [0.717, 1.165) is 32.8 Å². The number of para-hydroxylation sites is 1. The zero-order valence-electron chi connectivity index (χ0n) is 14.3. The summed E-state index contributed by atoms with van der Waals surface area (Å²) >= 11 is 3.45. The Bertz CT molecular complexity index is 936. The predicted molar refractivity (Wildman–Crippen MR) is 110 cm³/mol. The number of aryl methyl sites for hydroxylation is 1. The summed E-state index contributed by atoms with van der Waals surface area (Å²) in [5.74, 6) is 1.32. The molecule has 3 aromatic carbocycles. The third-order valence-electron chi connectivity index (χ3n) is 3.69. The smallest absolute Gasteiger partial charge is 0.248 e. The minimum absolute atomic E-state index is 0.180. The maximum atomic E-state index is 12.1. The van der Waals surface area contributed by atoms with Crippen LogP contribution in [0.5, 0.6) is 11.5 Å². The highest BCUT2D eigenvalue weighted by atomic mass is 79.9. The normalized spacial score (nSPS) is 10.7. The average molecular weight is 408 g/mol. The molecule has 0 radical (unpaired) electrons. The molecule has 0 spiro atoms. The highest BCUT2D eigenvalue weighted by molar-refractivity contribution is 9.10. The first kappa shape index (κ1) is 18.0. The number of nitrogens with one attached hydrogen (secondary N) is 1. The quantitative estimate of drug-likeness (QED) is 0.511. The van der Waals surface area contributed by atoms with Crippen LogP contribution in [0.3, 0.4) is 0 Å². The van der Waals surface area contributed by atoms with Crippen LogP contribution in [0.25, 0.3) is 6.08 Å². The summed E-state index contributed by atoms with van der Waals surface area (Å²) in [6, 6.07) is 22.9. The average Bonchev–Trinajstić information content (AvgIpc) is 2.64. The molecule has 26 heavy (non-hydrogen) atoms. The third kappa shape index (κ3) is 5.07. The SMILES string of the molecule is Cc1cc(NC(=O)/C=C/c2cccc(Oc3ccccc3)c2)ccc1Br. The molecule has 0 fully saturated rings. The molecule has 3 nitrogen and oxygen atoms in total. The minimum Gasteiger partial charge on any atom is -0.457 e. The van der Waals surface area contributed by atoms with Crippen LogP contribution in [0.15, 0.2) is 83.3 Å². The van der Waals surface area contributed by atoms with E-state index in [-0.39, 0.29) is 5.91 Å². The fraction of sp³-hybridized carbons (Fsp3) is 0.0455. The van der Waals surface area contributed by atoms with Gasteiger partial charge in [-0.3, -0.25) is 4.79 Å². The molecule has 0 aromatic heterocycles. The van der Waals surface area contributed by atoms with E-state index in [1.807, 2.05) is 79.7 Å². The van der Waals surface area contributed by atoms with Crippen LogP contribution >= 0.6 is 15.9 Å². The van der Waals surface area contributed by atoms with Gasteiger partial charge >= 0.3 is 0 Å². The number of anilines is 1. The first-order valence-corrected chi connectivity index (χ1v) is 8.98. The van der Waals surface area contributed by atoms with E-state index in [4.69, 9.17) is 4.74 Å². The standard InChI is InChI=1S/C22H18BrNO2/c1-16-14-18(11-12-21(16)23)24-22(25)13-10-17-6-5-9-20(15-17)26-19-7-3-2-4-8-19/h2-15H,1H3,(H,24,25)/b13-10+. The minimum atomic E-state index is -0.180. The second kappa shape index (κ2) is 8.50. The Balaban J connectivity index is 1.65. The zero-order chi connectivity index (χ0) is 18.4. The van der Waals surface area contributed by atoms with Gasteiger partial charge < -0.3 is 10.1 Å². The number of carbonyl (C=O) groups excluding carboxylic acids is 1. The van der Waals surface area contributed by atoms with Crippen molar-refractivity contribution >= 4 is 33.6 Å². The Morgan fingerprint density at radius 2 is 1.73 bits per heavy atom. The van der Waals surface area contributed by atoms with E-state index in [1.165, 1.54) is 6.08 Å². The zero-order valence-corrected chi connectivity index (χ0v) is 15.9. The lowest BCUT2D eigenvalue weighted by molar-refractivity contribution is -0.111. The van der Waals surface area contributed by atoms with Crippen LogP contribution in [-0.2, 0) is 4.79 Å². The molecule has 0 atom stereocenters. The van der Waals surface area contributed by atoms with Gasteiger partial charge in [-0.15, -0.1) is 0 Å². The third-order valence-corrected chi connectivity index (χ3v) is 4.58. The van der Waals surface area contributed by atoms with Crippen molar-refractivity contribution in [3.05, 3.63) is 94.5 Å². The Labute approximate surface area is 161 Å². The number of halogens is 1. The second-order valence-electron chi connectivity index (χ2n) is 5.77.